The molecule has 0 amide bonds. The number of benzene rings is 3. The van der Waals surface area contributed by atoms with E-state index in [1.807, 2.05) is 54.6 Å². The highest BCUT2D eigenvalue weighted by Gasteiger charge is 2.59. The highest BCUT2D eigenvalue weighted by molar-refractivity contribution is 6.35. The average Bonchev–Trinajstić information content (AvgIpc) is 3.34. The van der Waals surface area contributed by atoms with Gasteiger partial charge in [-0.3, -0.25) is 4.79 Å². The maximum absolute atomic E-state index is 13.4. The van der Waals surface area contributed by atoms with Crippen LogP contribution >= 0.6 is 0 Å². The largest absolute Gasteiger partial charge is 0.457 e. The first-order valence-corrected chi connectivity index (χ1v) is 11.6. The zero-order valence-corrected chi connectivity index (χ0v) is 18.2. The van der Waals surface area contributed by atoms with Crippen molar-refractivity contribution < 1.29 is 14.3 Å². The van der Waals surface area contributed by atoms with Crippen molar-refractivity contribution in [1.29, 1.82) is 0 Å². The van der Waals surface area contributed by atoms with Gasteiger partial charge in [-0.2, -0.15) is 0 Å². The van der Waals surface area contributed by atoms with Crippen LogP contribution in [0.2, 0.25) is 0 Å². The van der Waals surface area contributed by atoms with Gasteiger partial charge in [-0.1, -0.05) is 91.0 Å². The minimum Gasteiger partial charge on any atom is -0.457 e. The highest BCUT2D eigenvalue weighted by atomic mass is 16.5. The maximum atomic E-state index is 13.4. The Morgan fingerprint density at radius 3 is 1.75 bits per heavy atom. The quantitative estimate of drug-likeness (QED) is 0.369. The summed E-state index contributed by atoms with van der Waals surface area (Å²) in [4.78, 5) is 26.2. The number of Topliss-reactive ketones (excluding diaryl/α,β-unsaturated/α-hetero) is 1. The predicted molar refractivity (Wildman–Crippen MR) is 124 cm³/mol. The summed E-state index contributed by atoms with van der Waals surface area (Å²) in [5.41, 5.74) is 3.07. The molecular weight excluding hydrogens is 396 g/mol. The van der Waals surface area contributed by atoms with Crippen LogP contribution in [0.3, 0.4) is 0 Å². The van der Waals surface area contributed by atoms with Gasteiger partial charge in [-0.05, 0) is 48.8 Å². The van der Waals surface area contributed by atoms with Crippen LogP contribution in [0.25, 0.3) is 0 Å². The molecule has 2 fully saturated rings. The summed E-state index contributed by atoms with van der Waals surface area (Å²) in [5, 5.41) is 0. The summed E-state index contributed by atoms with van der Waals surface area (Å²) in [5.74, 6) is -1.56. The lowest BCUT2D eigenvalue weighted by Gasteiger charge is -2.55. The Labute approximate surface area is 189 Å². The molecule has 2 saturated carbocycles. The molecule has 0 saturated heterocycles. The number of ether oxygens (including phenoxy) is 1. The minimum atomic E-state index is -0.655. The van der Waals surface area contributed by atoms with E-state index in [1.165, 1.54) is 11.1 Å². The van der Waals surface area contributed by atoms with E-state index in [1.54, 1.807) is 0 Å². The number of rotatable bonds is 6. The summed E-state index contributed by atoms with van der Waals surface area (Å²) in [6.07, 6.45) is 4.35. The van der Waals surface area contributed by atoms with E-state index < -0.39 is 11.9 Å². The van der Waals surface area contributed by atoms with E-state index in [9.17, 15) is 9.59 Å². The molecule has 2 atom stereocenters. The van der Waals surface area contributed by atoms with Crippen LogP contribution in [0.4, 0.5) is 0 Å². The molecule has 3 heteroatoms. The molecule has 3 aromatic carbocycles. The van der Waals surface area contributed by atoms with Crippen molar-refractivity contribution in [1.82, 2.24) is 0 Å². The number of carbonyl (C=O) groups is 2. The molecule has 0 unspecified atom stereocenters. The standard InChI is InChI=1S/C29H28O3/c30-27(28(31)32-24-18-10-11-19-24)25-20-29(22-14-6-2-7-15-22,23-16-8-3-9-17-23)26(25)21-12-4-1-5-13-21/h1-9,12-17,24-26H,10-11,18-20H2/t25-,26+/m1/s1. The van der Waals surface area contributed by atoms with Gasteiger partial charge in [-0.15, -0.1) is 0 Å². The van der Waals surface area contributed by atoms with Crippen molar-refractivity contribution in [2.24, 2.45) is 5.92 Å². The molecule has 0 aromatic heterocycles. The SMILES string of the molecule is O=C(OC1CCCC1)C(=O)[C@@H]1CC(c2ccccc2)(c2ccccc2)[C@H]1c1ccccc1. The second-order valence-electron chi connectivity index (χ2n) is 9.08. The number of hydrogen-bond donors (Lipinski definition) is 0. The Morgan fingerprint density at radius 1 is 0.719 bits per heavy atom. The average molecular weight is 425 g/mol. The lowest BCUT2D eigenvalue weighted by Crippen LogP contribution is -2.54. The van der Waals surface area contributed by atoms with Crippen molar-refractivity contribution >= 4 is 11.8 Å². The Balaban J connectivity index is 1.55. The van der Waals surface area contributed by atoms with E-state index in [2.05, 4.69) is 36.4 Å². The molecule has 0 aliphatic heterocycles. The van der Waals surface area contributed by atoms with E-state index in [0.29, 0.717) is 6.42 Å². The topological polar surface area (TPSA) is 43.4 Å². The molecule has 0 N–H and O–H groups in total. The van der Waals surface area contributed by atoms with Crippen molar-refractivity contribution in [3.05, 3.63) is 108 Å². The van der Waals surface area contributed by atoms with Crippen LogP contribution in [0, 0.1) is 5.92 Å². The molecule has 0 radical (unpaired) electrons. The summed E-state index contributed by atoms with van der Waals surface area (Å²) < 4.78 is 5.61. The first-order valence-electron chi connectivity index (χ1n) is 11.6. The van der Waals surface area contributed by atoms with Gasteiger partial charge in [0.05, 0.1) is 0 Å². The number of ketones is 1. The molecule has 2 aliphatic rings. The van der Waals surface area contributed by atoms with E-state index in [-0.39, 0.29) is 23.2 Å². The summed E-state index contributed by atoms with van der Waals surface area (Å²) in [6, 6.07) is 30.9. The lowest BCUT2D eigenvalue weighted by molar-refractivity contribution is -0.162. The zero-order chi connectivity index (χ0) is 22.0. The second kappa shape index (κ2) is 8.74. The highest BCUT2D eigenvalue weighted by Crippen LogP contribution is 2.62. The van der Waals surface area contributed by atoms with Gasteiger partial charge in [-0.25, -0.2) is 4.79 Å². The molecule has 3 nitrogen and oxygen atoms in total. The number of hydrogen-bond acceptors (Lipinski definition) is 3. The molecule has 2 aliphatic carbocycles. The maximum Gasteiger partial charge on any atom is 0.375 e. The second-order valence-corrected chi connectivity index (χ2v) is 9.08. The summed E-state index contributed by atoms with van der Waals surface area (Å²) in [6.45, 7) is 0. The number of esters is 1. The van der Waals surface area contributed by atoms with E-state index in [4.69, 9.17) is 4.74 Å². The normalized spacial score (nSPS) is 22.1. The smallest absolute Gasteiger partial charge is 0.375 e. The first-order chi connectivity index (χ1) is 15.7. The van der Waals surface area contributed by atoms with Crippen molar-refractivity contribution in [2.75, 3.05) is 0 Å². The van der Waals surface area contributed by atoms with Gasteiger partial charge in [0.1, 0.15) is 6.10 Å². The monoisotopic (exact) mass is 424 g/mol. The van der Waals surface area contributed by atoms with Gasteiger partial charge in [0, 0.05) is 17.3 Å². The van der Waals surface area contributed by atoms with E-state index in [0.717, 1.165) is 31.2 Å². The van der Waals surface area contributed by atoms with Gasteiger partial charge >= 0.3 is 5.97 Å². The van der Waals surface area contributed by atoms with Gasteiger partial charge in [0.2, 0.25) is 5.78 Å². The lowest BCUT2D eigenvalue weighted by atomic mass is 9.46. The third-order valence-electron chi connectivity index (χ3n) is 7.33. The molecule has 5 rings (SSSR count). The van der Waals surface area contributed by atoms with Crippen molar-refractivity contribution in [3.63, 3.8) is 0 Å². The van der Waals surface area contributed by atoms with Gasteiger partial charge in [0.25, 0.3) is 0 Å². The Hall–Kier alpha value is -3.20. The van der Waals surface area contributed by atoms with Crippen molar-refractivity contribution in [2.45, 2.75) is 49.5 Å². The summed E-state index contributed by atoms with van der Waals surface area (Å²) >= 11 is 0. The van der Waals surface area contributed by atoms with Gasteiger partial charge in [0.15, 0.2) is 0 Å². The fourth-order valence-electron chi connectivity index (χ4n) is 5.80. The van der Waals surface area contributed by atoms with Gasteiger partial charge < -0.3 is 4.74 Å². The van der Waals surface area contributed by atoms with Crippen LogP contribution in [-0.4, -0.2) is 17.9 Å². The fourth-order valence-corrected chi connectivity index (χ4v) is 5.80. The minimum absolute atomic E-state index is 0.102. The molecule has 0 bridgehead atoms. The predicted octanol–water partition coefficient (Wildman–Crippen LogP) is 5.83. The molecule has 3 aromatic rings. The number of carbonyl (C=O) groups excluding carboxylic acids is 2. The third kappa shape index (κ3) is 3.56. The molecule has 0 spiro atoms. The van der Waals surface area contributed by atoms with Crippen LogP contribution in [0.1, 0.15) is 54.7 Å². The molecule has 32 heavy (non-hydrogen) atoms. The summed E-state index contributed by atoms with van der Waals surface area (Å²) in [7, 11) is 0. The third-order valence-corrected chi connectivity index (χ3v) is 7.33. The Bertz CT molecular complexity index is 1030. The molecule has 162 valence electrons. The zero-order valence-electron chi connectivity index (χ0n) is 18.2. The van der Waals surface area contributed by atoms with Crippen molar-refractivity contribution in [3.8, 4) is 0 Å². The van der Waals surface area contributed by atoms with Crippen LogP contribution in [0.5, 0.6) is 0 Å². The van der Waals surface area contributed by atoms with E-state index >= 15 is 0 Å². The fraction of sp³-hybridized carbons (Fsp3) is 0.310. The molecule has 0 heterocycles. The van der Waals surface area contributed by atoms with Crippen LogP contribution < -0.4 is 0 Å². The Morgan fingerprint density at radius 2 is 1.22 bits per heavy atom. The first kappa shape index (κ1) is 20.7. The van der Waals surface area contributed by atoms with Crippen LogP contribution in [-0.2, 0) is 19.7 Å². The Kier molecular flexibility index (Phi) is 5.65. The van der Waals surface area contributed by atoms with Crippen LogP contribution in [0.15, 0.2) is 91.0 Å². The molecular formula is C29H28O3.